The van der Waals surface area contributed by atoms with Crippen LogP contribution in [0.4, 0.5) is 21.9 Å². The maximum Gasteiger partial charge on any atom is 0.320 e. The molecule has 12 nitrogen and oxygen atoms in total. The SMILES string of the molecule is Cc1ccccc1N(C)C(=O)COc1cccc(C(C(=O)NCC(=O)N(C)c2ccccc2)N(C(N)=O)c2cccc(CCC(=O)O)c2)c1. The van der Waals surface area contributed by atoms with Crippen LogP contribution in [0.3, 0.4) is 0 Å². The highest BCUT2D eigenvalue weighted by molar-refractivity contribution is 6.02. The summed E-state index contributed by atoms with van der Waals surface area (Å²) >= 11 is 0. The Bertz CT molecular complexity index is 1810. The number of likely N-dealkylation sites (N-methyl/N-ethyl adjacent to an activating group) is 2. The Morgan fingerprint density at radius 1 is 0.796 bits per heavy atom. The van der Waals surface area contributed by atoms with Gasteiger partial charge in [-0.05, 0) is 72.5 Å². The number of rotatable bonds is 14. The van der Waals surface area contributed by atoms with Crippen LogP contribution >= 0.6 is 0 Å². The maximum absolute atomic E-state index is 14.0. The molecule has 0 spiro atoms. The zero-order valence-electron chi connectivity index (χ0n) is 27.5. The number of hydrogen-bond donors (Lipinski definition) is 3. The van der Waals surface area contributed by atoms with Gasteiger partial charge < -0.3 is 30.7 Å². The number of aryl methyl sites for hydroxylation is 2. The molecule has 254 valence electrons. The fourth-order valence-electron chi connectivity index (χ4n) is 5.20. The Morgan fingerprint density at radius 2 is 1.47 bits per heavy atom. The molecule has 0 aliphatic carbocycles. The number of carbonyl (C=O) groups is 5. The molecule has 5 amide bonds. The molecular formula is C37H39N5O7. The number of hydrogen-bond acceptors (Lipinski definition) is 6. The first-order chi connectivity index (χ1) is 23.5. The first-order valence-corrected chi connectivity index (χ1v) is 15.5. The Hall–Kier alpha value is -6.17. The average Bonchev–Trinajstić information content (AvgIpc) is 3.10. The number of nitrogens with zero attached hydrogens (tertiary/aromatic N) is 3. The molecule has 4 aromatic rings. The van der Waals surface area contributed by atoms with Gasteiger partial charge in [-0.1, -0.05) is 60.7 Å². The van der Waals surface area contributed by atoms with E-state index < -0.39 is 29.9 Å². The average molecular weight is 666 g/mol. The van der Waals surface area contributed by atoms with Gasteiger partial charge in [0.15, 0.2) is 6.61 Å². The molecule has 0 heterocycles. The van der Waals surface area contributed by atoms with Crippen molar-refractivity contribution < 1.29 is 33.8 Å². The Balaban J connectivity index is 1.63. The van der Waals surface area contributed by atoms with Crippen molar-refractivity contribution in [1.29, 1.82) is 0 Å². The van der Waals surface area contributed by atoms with Crippen molar-refractivity contribution in [1.82, 2.24) is 5.32 Å². The quantitative estimate of drug-likeness (QED) is 0.179. The predicted molar refractivity (Wildman–Crippen MR) is 187 cm³/mol. The zero-order valence-corrected chi connectivity index (χ0v) is 27.5. The first kappa shape index (κ1) is 35.7. The zero-order chi connectivity index (χ0) is 35.5. The number of nitrogens with one attached hydrogen (secondary N) is 1. The Morgan fingerprint density at radius 3 is 2.16 bits per heavy atom. The lowest BCUT2D eigenvalue weighted by molar-refractivity contribution is -0.137. The molecule has 0 radical (unpaired) electrons. The minimum atomic E-state index is -1.38. The molecule has 0 bridgehead atoms. The molecule has 49 heavy (non-hydrogen) atoms. The van der Waals surface area contributed by atoms with E-state index in [0.29, 0.717) is 11.3 Å². The summed E-state index contributed by atoms with van der Waals surface area (Å²) in [7, 11) is 3.23. The summed E-state index contributed by atoms with van der Waals surface area (Å²) in [5.74, 6) is -2.17. The summed E-state index contributed by atoms with van der Waals surface area (Å²) in [5, 5.41) is 11.8. The van der Waals surface area contributed by atoms with E-state index in [1.165, 1.54) is 15.9 Å². The van der Waals surface area contributed by atoms with Crippen LogP contribution in [0.5, 0.6) is 5.75 Å². The lowest BCUT2D eigenvalue weighted by Gasteiger charge is -2.30. The fraction of sp³-hybridized carbons (Fsp3) is 0.216. The largest absolute Gasteiger partial charge is 0.484 e. The summed E-state index contributed by atoms with van der Waals surface area (Å²) in [5.41, 5.74) is 9.30. The van der Waals surface area contributed by atoms with Gasteiger partial charge in [-0.15, -0.1) is 0 Å². The molecule has 0 aliphatic heterocycles. The smallest absolute Gasteiger partial charge is 0.320 e. The van der Waals surface area contributed by atoms with Crippen molar-refractivity contribution in [3.63, 3.8) is 0 Å². The van der Waals surface area contributed by atoms with Crippen molar-refractivity contribution in [2.24, 2.45) is 5.73 Å². The molecule has 0 saturated heterocycles. The summed E-state index contributed by atoms with van der Waals surface area (Å²) in [4.78, 5) is 68.2. The van der Waals surface area contributed by atoms with Gasteiger partial charge in [0.2, 0.25) is 11.8 Å². The van der Waals surface area contributed by atoms with E-state index in [4.69, 9.17) is 15.6 Å². The van der Waals surface area contributed by atoms with Gasteiger partial charge in [-0.25, -0.2) is 4.79 Å². The number of benzene rings is 4. The number of amides is 5. The molecule has 1 atom stereocenters. The number of ether oxygens (including phenoxy) is 1. The van der Waals surface area contributed by atoms with Gasteiger partial charge >= 0.3 is 12.0 Å². The van der Waals surface area contributed by atoms with Gasteiger partial charge in [0.25, 0.3) is 5.91 Å². The lowest BCUT2D eigenvalue weighted by Crippen LogP contribution is -2.48. The standard InChI is InChI=1S/C37H39N5O7/c1-25-11-7-8-18-31(25)41(3)33(44)24-49-30-17-10-13-27(22-30)35(36(47)39-23-32(43)40(2)28-14-5-4-6-15-28)42(37(38)48)29-16-9-12-26(21-29)19-20-34(45)46/h4-18,21-22,35H,19-20,23-24H2,1-3H3,(H2,38,48)(H,39,47)(H,45,46). The first-order valence-electron chi connectivity index (χ1n) is 15.5. The highest BCUT2D eigenvalue weighted by atomic mass is 16.5. The number of carbonyl (C=O) groups excluding carboxylic acids is 4. The number of carboxylic acid groups (broad SMARTS) is 1. The number of urea groups is 1. The van der Waals surface area contributed by atoms with Crippen LogP contribution in [0.2, 0.25) is 0 Å². The number of nitrogens with two attached hydrogens (primary N) is 1. The molecule has 0 saturated carbocycles. The second kappa shape index (κ2) is 16.6. The maximum atomic E-state index is 14.0. The van der Waals surface area contributed by atoms with E-state index in [2.05, 4.69) is 5.32 Å². The summed E-state index contributed by atoms with van der Waals surface area (Å²) in [6, 6.07) is 26.8. The summed E-state index contributed by atoms with van der Waals surface area (Å²) < 4.78 is 5.84. The molecule has 4 N–H and O–H groups in total. The summed E-state index contributed by atoms with van der Waals surface area (Å²) in [6.45, 7) is 1.20. The van der Waals surface area contributed by atoms with Gasteiger partial charge in [0.05, 0.1) is 6.54 Å². The van der Waals surface area contributed by atoms with Gasteiger partial charge in [0.1, 0.15) is 11.8 Å². The fourth-order valence-corrected chi connectivity index (χ4v) is 5.20. The van der Waals surface area contributed by atoms with Crippen LogP contribution in [0.1, 0.15) is 29.2 Å². The molecule has 4 rings (SSSR count). The van der Waals surface area contributed by atoms with Crippen LogP contribution in [0.25, 0.3) is 0 Å². The van der Waals surface area contributed by atoms with Crippen molar-refractivity contribution >= 4 is 46.8 Å². The third-order valence-electron chi connectivity index (χ3n) is 7.88. The van der Waals surface area contributed by atoms with E-state index in [1.54, 1.807) is 80.8 Å². The predicted octanol–water partition coefficient (Wildman–Crippen LogP) is 4.46. The number of para-hydroxylation sites is 2. The van der Waals surface area contributed by atoms with Gasteiger partial charge in [-0.2, -0.15) is 0 Å². The van der Waals surface area contributed by atoms with E-state index in [1.807, 2.05) is 37.3 Å². The summed E-state index contributed by atoms with van der Waals surface area (Å²) in [6.07, 6.45) is 0.0411. The van der Waals surface area contributed by atoms with Crippen LogP contribution < -0.4 is 30.5 Å². The molecule has 1 unspecified atom stereocenters. The molecular weight excluding hydrogens is 626 g/mol. The molecule has 12 heteroatoms. The second-order valence-corrected chi connectivity index (χ2v) is 11.3. The van der Waals surface area contributed by atoms with Gasteiger partial charge in [-0.3, -0.25) is 24.1 Å². The normalized spacial score (nSPS) is 11.2. The monoisotopic (exact) mass is 665 g/mol. The van der Waals surface area contributed by atoms with Crippen LogP contribution in [-0.2, 0) is 25.6 Å². The van der Waals surface area contributed by atoms with Crippen LogP contribution in [0, 0.1) is 6.92 Å². The van der Waals surface area contributed by atoms with Crippen molar-refractivity contribution in [2.45, 2.75) is 25.8 Å². The molecule has 0 aromatic heterocycles. The van der Waals surface area contributed by atoms with Crippen molar-refractivity contribution in [3.8, 4) is 5.75 Å². The number of anilines is 3. The second-order valence-electron chi connectivity index (χ2n) is 11.3. The van der Waals surface area contributed by atoms with E-state index >= 15 is 0 Å². The number of carboxylic acids is 1. The van der Waals surface area contributed by atoms with Crippen LogP contribution in [0.15, 0.2) is 103 Å². The highest BCUT2D eigenvalue weighted by Crippen LogP contribution is 2.31. The minimum absolute atomic E-state index is 0.141. The molecule has 0 aliphatic rings. The Kier molecular flexibility index (Phi) is 12.1. The van der Waals surface area contributed by atoms with Gasteiger partial charge in [0, 0.05) is 37.6 Å². The molecule has 4 aromatic carbocycles. The Labute approximate surface area is 284 Å². The number of primary amides is 1. The third-order valence-corrected chi connectivity index (χ3v) is 7.88. The lowest BCUT2D eigenvalue weighted by atomic mass is 10.0. The molecule has 0 fully saturated rings. The van der Waals surface area contributed by atoms with Crippen LogP contribution in [-0.4, -0.2) is 62.1 Å². The highest BCUT2D eigenvalue weighted by Gasteiger charge is 2.33. The van der Waals surface area contributed by atoms with Crippen molar-refractivity contribution in [3.05, 3.63) is 120 Å². The minimum Gasteiger partial charge on any atom is -0.484 e. The van der Waals surface area contributed by atoms with E-state index in [9.17, 15) is 24.0 Å². The topological polar surface area (TPSA) is 163 Å². The van der Waals surface area contributed by atoms with E-state index in [-0.39, 0.29) is 48.9 Å². The number of aliphatic carboxylic acids is 1. The third kappa shape index (κ3) is 9.44. The van der Waals surface area contributed by atoms with E-state index in [0.717, 1.165) is 16.2 Å². The van der Waals surface area contributed by atoms with Crippen molar-refractivity contribution in [2.75, 3.05) is 41.9 Å².